The monoisotopic (exact) mass is 249 g/mol. The summed E-state index contributed by atoms with van der Waals surface area (Å²) in [5.41, 5.74) is 1.15. The molecule has 1 unspecified atom stereocenters. The fourth-order valence-corrected chi connectivity index (χ4v) is 2.46. The summed E-state index contributed by atoms with van der Waals surface area (Å²) in [6, 6.07) is 6.04. The van der Waals surface area contributed by atoms with E-state index in [4.69, 9.17) is 14.2 Å². The van der Waals surface area contributed by atoms with Gasteiger partial charge in [0.1, 0.15) is 0 Å². The van der Waals surface area contributed by atoms with Crippen molar-refractivity contribution in [1.29, 1.82) is 0 Å². The van der Waals surface area contributed by atoms with Crippen molar-refractivity contribution < 1.29 is 14.2 Å². The fraction of sp³-hybridized carbons (Fsp3) is 0.571. The second-order valence-corrected chi connectivity index (χ2v) is 4.84. The topological polar surface area (TPSA) is 39.7 Å². The maximum Gasteiger partial charge on any atom is 0.231 e. The molecule has 1 atom stereocenters. The molecule has 0 spiro atoms. The van der Waals surface area contributed by atoms with Gasteiger partial charge in [-0.1, -0.05) is 6.07 Å². The number of piperidine rings is 1. The molecule has 18 heavy (non-hydrogen) atoms. The van der Waals surface area contributed by atoms with Gasteiger partial charge in [0, 0.05) is 0 Å². The van der Waals surface area contributed by atoms with E-state index in [0.717, 1.165) is 43.0 Å². The van der Waals surface area contributed by atoms with E-state index in [1.807, 2.05) is 12.1 Å². The van der Waals surface area contributed by atoms with Crippen molar-refractivity contribution in [1.82, 2.24) is 5.32 Å². The van der Waals surface area contributed by atoms with Crippen LogP contribution in [0.3, 0.4) is 0 Å². The molecule has 0 radical (unpaired) electrons. The van der Waals surface area contributed by atoms with E-state index in [-0.39, 0.29) is 6.10 Å². The standard InChI is InChI=1S/C14H19NO3/c1-10(18-12-4-6-15-7-5-12)11-2-3-13-14(8-11)17-9-16-13/h2-3,8,10,12,15H,4-7,9H2,1H3. The van der Waals surface area contributed by atoms with Gasteiger partial charge >= 0.3 is 0 Å². The molecule has 2 heterocycles. The Morgan fingerprint density at radius 2 is 2.00 bits per heavy atom. The predicted molar refractivity (Wildman–Crippen MR) is 68.0 cm³/mol. The number of benzene rings is 1. The van der Waals surface area contributed by atoms with Crippen LogP contribution in [0, 0.1) is 0 Å². The molecule has 0 aromatic heterocycles. The van der Waals surface area contributed by atoms with Crippen molar-refractivity contribution in [2.45, 2.75) is 32.0 Å². The minimum Gasteiger partial charge on any atom is -0.454 e. The van der Waals surface area contributed by atoms with Gasteiger partial charge in [0.05, 0.1) is 12.2 Å². The zero-order chi connectivity index (χ0) is 12.4. The lowest BCUT2D eigenvalue weighted by molar-refractivity contribution is -0.0187. The lowest BCUT2D eigenvalue weighted by atomic mass is 10.1. The molecule has 2 aliphatic rings. The van der Waals surface area contributed by atoms with Gasteiger partial charge in [-0.2, -0.15) is 0 Å². The van der Waals surface area contributed by atoms with Crippen molar-refractivity contribution >= 4 is 0 Å². The molecular weight excluding hydrogens is 230 g/mol. The Kier molecular flexibility index (Phi) is 3.39. The van der Waals surface area contributed by atoms with Crippen LogP contribution in [0.2, 0.25) is 0 Å². The van der Waals surface area contributed by atoms with Crippen LogP contribution in [0.15, 0.2) is 18.2 Å². The second-order valence-electron chi connectivity index (χ2n) is 4.84. The number of ether oxygens (including phenoxy) is 3. The SMILES string of the molecule is CC(OC1CCNCC1)c1ccc2c(c1)OCO2. The zero-order valence-corrected chi connectivity index (χ0v) is 10.6. The van der Waals surface area contributed by atoms with Gasteiger partial charge < -0.3 is 19.5 Å². The van der Waals surface area contributed by atoms with Gasteiger partial charge in [-0.15, -0.1) is 0 Å². The normalized spacial score (nSPS) is 20.9. The highest BCUT2D eigenvalue weighted by molar-refractivity contribution is 5.44. The summed E-state index contributed by atoms with van der Waals surface area (Å²) >= 11 is 0. The van der Waals surface area contributed by atoms with Gasteiger partial charge in [0.15, 0.2) is 11.5 Å². The zero-order valence-electron chi connectivity index (χ0n) is 10.6. The summed E-state index contributed by atoms with van der Waals surface area (Å²) in [4.78, 5) is 0. The van der Waals surface area contributed by atoms with Crippen molar-refractivity contribution in [3.8, 4) is 11.5 Å². The van der Waals surface area contributed by atoms with Crippen LogP contribution in [0.1, 0.15) is 31.4 Å². The van der Waals surface area contributed by atoms with Crippen LogP contribution in [-0.2, 0) is 4.74 Å². The average molecular weight is 249 g/mol. The third-order valence-corrected chi connectivity index (χ3v) is 3.55. The molecule has 0 amide bonds. The highest BCUT2D eigenvalue weighted by Crippen LogP contribution is 2.35. The smallest absolute Gasteiger partial charge is 0.231 e. The molecule has 98 valence electrons. The first-order valence-electron chi connectivity index (χ1n) is 6.58. The quantitative estimate of drug-likeness (QED) is 0.892. The van der Waals surface area contributed by atoms with Crippen molar-refractivity contribution in [2.75, 3.05) is 19.9 Å². The molecule has 0 saturated carbocycles. The Bertz CT molecular complexity index is 416. The van der Waals surface area contributed by atoms with Crippen molar-refractivity contribution in [2.24, 2.45) is 0 Å². The maximum atomic E-state index is 6.10. The van der Waals surface area contributed by atoms with Gasteiger partial charge in [-0.25, -0.2) is 0 Å². The Morgan fingerprint density at radius 3 is 2.83 bits per heavy atom. The third-order valence-electron chi connectivity index (χ3n) is 3.55. The predicted octanol–water partition coefficient (Wildman–Crippen LogP) is 2.24. The molecule has 2 aliphatic heterocycles. The van der Waals surface area contributed by atoms with Gasteiger partial charge in [-0.05, 0) is 50.6 Å². The molecule has 0 aliphatic carbocycles. The van der Waals surface area contributed by atoms with Gasteiger partial charge in [0.2, 0.25) is 6.79 Å². The third kappa shape index (κ3) is 2.44. The lowest BCUT2D eigenvalue weighted by Crippen LogP contribution is -2.32. The Morgan fingerprint density at radius 1 is 1.22 bits per heavy atom. The van der Waals surface area contributed by atoms with Gasteiger partial charge in [-0.3, -0.25) is 0 Å². The molecule has 1 aromatic carbocycles. The van der Waals surface area contributed by atoms with Crippen LogP contribution in [0.5, 0.6) is 11.5 Å². The lowest BCUT2D eigenvalue weighted by Gasteiger charge is -2.26. The molecule has 4 heteroatoms. The fourth-order valence-electron chi connectivity index (χ4n) is 2.46. The highest BCUT2D eigenvalue weighted by Gasteiger charge is 2.20. The number of rotatable bonds is 3. The van der Waals surface area contributed by atoms with E-state index in [1.165, 1.54) is 0 Å². The molecule has 3 rings (SSSR count). The minimum atomic E-state index is 0.0996. The largest absolute Gasteiger partial charge is 0.454 e. The summed E-state index contributed by atoms with van der Waals surface area (Å²) in [6.07, 6.45) is 2.65. The number of fused-ring (bicyclic) bond motifs is 1. The Labute approximate surface area is 107 Å². The van der Waals surface area contributed by atoms with E-state index in [1.54, 1.807) is 0 Å². The Balaban J connectivity index is 1.66. The number of hydrogen-bond donors (Lipinski definition) is 1. The van der Waals surface area contributed by atoms with Crippen LogP contribution in [-0.4, -0.2) is 26.0 Å². The molecule has 0 bridgehead atoms. The van der Waals surface area contributed by atoms with Crippen LogP contribution < -0.4 is 14.8 Å². The first-order chi connectivity index (χ1) is 8.83. The van der Waals surface area contributed by atoms with Crippen molar-refractivity contribution in [3.63, 3.8) is 0 Å². The minimum absolute atomic E-state index is 0.0996. The van der Waals surface area contributed by atoms with Crippen molar-refractivity contribution in [3.05, 3.63) is 23.8 Å². The Hall–Kier alpha value is -1.26. The molecule has 1 fully saturated rings. The molecule has 1 saturated heterocycles. The maximum absolute atomic E-state index is 6.10. The summed E-state index contributed by atoms with van der Waals surface area (Å²) < 4.78 is 16.8. The van der Waals surface area contributed by atoms with Gasteiger partial charge in [0.25, 0.3) is 0 Å². The molecule has 4 nitrogen and oxygen atoms in total. The molecular formula is C14H19NO3. The van der Waals surface area contributed by atoms with Crippen LogP contribution in [0.25, 0.3) is 0 Å². The summed E-state index contributed by atoms with van der Waals surface area (Å²) in [6.45, 7) is 4.53. The van der Waals surface area contributed by atoms with Crippen LogP contribution >= 0.6 is 0 Å². The van der Waals surface area contributed by atoms with E-state index in [0.29, 0.717) is 12.9 Å². The second kappa shape index (κ2) is 5.16. The number of nitrogens with one attached hydrogen (secondary N) is 1. The van der Waals surface area contributed by atoms with E-state index in [2.05, 4.69) is 18.3 Å². The molecule has 1 aromatic rings. The summed E-state index contributed by atoms with van der Waals surface area (Å²) in [5, 5.41) is 3.35. The summed E-state index contributed by atoms with van der Waals surface area (Å²) in [7, 11) is 0. The number of hydrogen-bond acceptors (Lipinski definition) is 4. The highest BCUT2D eigenvalue weighted by atomic mass is 16.7. The van der Waals surface area contributed by atoms with E-state index in [9.17, 15) is 0 Å². The van der Waals surface area contributed by atoms with E-state index < -0.39 is 0 Å². The van der Waals surface area contributed by atoms with E-state index >= 15 is 0 Å². The van der Waals surface area contributed by atoms with Crippen LogP contribution in [0.4, 0.5) is 0 Å². The first-order valence-corrected chi connectivity index (χ1v) is 6.58. The average Bonchev–Trinajstić information content (AvgIpc) is 2.87. The molecule has 1 N–H and O–H groups in total. The first kappa shape index (κ1) is 11.8. The summed E-state index contributed by atoms with van der Waals surface area (Å²) in [5.74, 6) is 1.65.